The summed E-state index contributed by atoms with van der Waals surface area (Å²) < 4.78 is 70.3. The van der Waals surface area contributed by atoms with Gasteiger partial charge in [-0.2, -0.15) is 13.2 Å². The van der Waals surface area contributed by atoms with Crippen molar-refractivity contribution in [3.05, 3.63) is 53.1 Å². The maximum absolute atomic E-state index is 13.1. The molecule has 0 aliphatic carbocycles. The standard InChI is InChI=1S/C26H29ClF3N3O7S/c1-24(2,3)40-23(36)33-13-11-32(12-14-33)21(34)16-5-7-17(8-6-16)41(38,39)18-9-10-20(19(27)15-18)31-22(35)25(4,37)26(28,29)30/h5-10,15,37H,11-14H2,1-4H3,(H,31,35)/t25-/m1/s1. The molecule has 1 aliphatic heterocycles. The van der Waals surface area contributed by atoms with Crippen molar-refractivity contribution in [2.24, 2.45) is 0 Å². The topological polar surface area (TPSA) is 133 Å². The highest BCUT2D eigenvalue weighted by atomic mass is 35.5. The third-order valence-corrected chi connectivity index (χ3v) is 8.20. The van der Waals surface area contributed by atoms with Crippen LogP contribution in [0.4, 0.5) is 23.7 Å². The van der Waals surface area contributed by atoms with Gasteiger partial charge in [-0.3, -0.25) is 9.59 Å². The summed E-state index contributed by atoms with van der Waals surface area (Å²) in [5.41, 5.74) is -4.46. The van der Waals surface area contributed by atoms with Gasteiger partial charge in [0, 0.05) is 31.7 Å². The van der Waals surface area contributed by atoms with Gasteiger partial charge in [0.1, 0.15) is 5.60 Å². The van der Waals surface area contributed by atoms with Gasteiger partial charge in [-0.05, 0) is 70.2 Å². The second-order valence-corrected chi connectivity index (χ2v) is 12.8. The van der Waals surface area contributed by atoms with Crippen molar-refractivity contribution in [2.45, 2.75) is 54.9 Å². The molecular formula is C26H29ClF3N3O7S. The summed E-state index contributed by atoms with van der Waals surface area (Å²) in [5, 5.41) is 11.0. The molecule has 2 aromatic carbocycles. The Labute approximate surface area is 239 Å². The SMILES string of the molecule is CC(C)(C)OC(=O)N1CCN(C(=O)c2ccc(S(=O)(=O)c3ccc(NC(=O)[C@@](C)(O)C(F)(F)F)c(Cl)c3)cc2)CC1. The van der Waals surface area contributed by atoms with E-state index in [0.29, 0.717) is 0 Å². The lowest BCUT2D eigenvalue weighted by atomic mass is 10.1. The highest BCUT2D eigenvalue weighted by Crippen LogP contribution is 2.33. The normalized spacial score (nSPS) is 16.1. The Bertz CT molecular complexity index is 1430. The van der Waals surface area contributed by atoms with E-state index in [4.69, 9.17) is 16.3 Å². The second-order valence-electron chi connectivity index (χ2n) is 10.5. The summed E-state index contributed by atoms with van der Waals surface area (Å²) in [5.74, 6) is -2.15. The Hall–Kier alpha value is -3.36. The van der Waals surface area contributed by atoms with Crippen LogP contribution in [0.15, 0.2) is 52.3 Å². The lowest BCUT2D eigenvalue weighted by Crippen LogP contribution is -2.52. The van der Waals surface area contributed by atoms with E-state index in [1.165, 1.54) is 34.1 Å². The maximum Gasteiger partial charge on any atom is 0.426 e. The Morgan fingerprint density at radius 3 is 1.90 bits per heavy atom. The van der Waals surface area contributed by atoms with Crippen molar-refractivity contribution in [1.29, 1.82) is 0 Å². The van der Waals surface area contributed by atoms with Crippen LogP contribution in [0.2, 0.25) is 5.02 Å². The molecule has 0 radical (unpaired) electrons. The van der Waals surface area contributed by atoms with E-state index in [-0.39, 0.29) is 65.1 Å². The first-order chi connectivity index (χ1) is 18.7. The summed E-state index contributed by atoms with van der Waals surface area (Å²) >= 11 is 6.02. The number of ether oxygens (including phenoxy) is 1. The predicted molar refractivity (Wildman–Crippen MR) is 142 cm³/mol. The number of hydrogen-bond donors (Lipinski definition) is 2. The van der Waals surface area contributed by atoms with Crippen LogP contribution < -0.4 is 5.32 Å². The number of sulfone groups is 1. The number of halogens is 4. The molecule has 10 nitrogen and oxygen atoms in total. The summed E-state index contributed by atoms with van der Waals surface area (Å²) in [4.78, 5) is 39.6. The molecule has 2 aromatic rings. The van der Waals surface area contributed by atoms with Crippen molar-refractivity contribution < 1.29 is 45.8 Å². The third kappa shape index (κ3) is 7.29. The Morgan fingerprint density at radius 1 is 0.902 bits per heavy atom. The fraction of sp³-hybridized carbons (Fsp3) is 0.423. The number of nitrogens with one attached hydrogen (secondary N) is 1. The minimum atomic E-state index is -5.26. The number of rotatable bonds is 5. The Morgan fingerprint density at radius 2 is 1.41 bits per heavy atom. The van der Waals surface area contributed by atoms with Crippen molar-refractivity contribution in [2.75, 3.05) is 31.5 Å². The van der Waals surface area contributed by atoms with E-state index in [1.54, 1.807) is 20.8 Å². The molecule has 0 saturated carbocycles. The fourth-order valence-electron chi connectivity index (χ4n) is 3.65. The molecule has 0 unspecified atom stereocenters. The quantitative estimate of drug-likeness (QED) is 0.514. The van der Waals surface area contributed by atoms with E-state index in [2.05, 4.69) is 0 Å². The van der Waals surface area contributed by atoms with Gasteiger partial charge in [0.15, 0.2) is 0 Å². The summed E-state index contributed by atoms with van der Waals surface area (Å²) in [6.07, 6.45) is -5.72. The molecule has 1 atom stereocenters. The van der Waals surface area contributed by atoms with Crippen molar-refractivity contribution in [1.82, 2.24) is 9.80 Å². The van der Waals surface area contributed by atoms with Crippen LogP contribution in [0.25, 0.3) is 0 Å². The number of alkyl halides is 3. The smallest absolute Gasteiger partial charge is 0.426 e. The first-order valence-corrected chi connectivity index (χ1v) is 14.1. The first-order valence-electron chi connectivity index (χ1n) is 12.3. The van der Waals surface area contributed by atoms with Crippen LogP contribution in [-0.2, 0) is 19.4 Å². The molecule has 3 rings (SSSR count). The third-order valence-electron chi connectivity index (χ3n) is 6.12. The Balaban J connectivity index is 1.69. The molecule has 0 bridgehead atoms. The van der Waals surface area contributed by atoms with E-state index >= 15 is 0 Å². The fourth-order valence-corrected chi connectivity index (χ4v) is 5.23. The van der Waals surface area contributed by atoms with Gasteiger partial charge in [-0.1, -0.05) is 11.6 Å². The largest absolute Gasteiger partial charge is 0.444 e. The van der Waals surface area contributed by atoms with Crippen molar-refractivity contribution >= 4 is 45.0 Å². The number of carbonyl (C=O) groups is 3. The first kappa shape index (κ1) is 32.2. The van der Waals surface area contributed by atoms with Crippen LogP contribution in [0.1, 0.15) is 38.1 Å². The van der Waals surface area contributed by atoms with E-state index in [9.17, 15) is 41.1 Å². The molecule has 0 spiro atoms. The van der Waals surface area contributed by atoms with Crippen LogP contribution >= 0.6 is 11.6 Å². The van der Waals surface area contributed by atoms with Crippen LogP contribution in [0.5, 0.6) is 0 Å². The number of aliphatic hydroxyl groups is 1. The minimum Gasteiger partial charge on any atom is -0.444 e. The molecule has 41 heavy (non-hydrogen) atoms. The molecule has 2 N–H and O–H groups in total. The second kappa shape index (κ2) is 11.5. The van der Waals surface area contributed by atoms with Gasteiger partial charge < -0.3 is 25.0 Å². The van der Waals surface area contributed by atoms with Gasteiger partial charge in [-0.25, -0.2) is 13.2 Å². The molecule has 1 heterocycles. The zero-order chi connectivity index (χ0) is 31.0. The molecule has 15 heteroatoms. The molecular weight excluding hydrogens is 591 g/mol. The molecule has 1 aliphatic rings. The van der Waals surface area contributed by atoms with Gasteiger partial charge in [0.2, 0.25) is 15.4 Å². The number of nitrogens with zero attached hydrogens (tertiary/aromatic N) is 2. The lowest BCUT2D eigenvalue weighted by Gasteiger charge is -2.35. The summed E-state index contributed by atoms with van der Waals surface area (Å²) in [7, 11) is -4.17. The maximum atomic E-state index is 13.1. The van der Waals surface area contributed by atoms with Gasteiger partial charge in [0.05, 0.1) is 20.5 Å². The highest BCUT2D eigenvalue weighted by Gasteiger charge is 2.55. The number of anilines is 1. The summed E-state index contributed by atoms with van der Waals surface area (Å²) in [6.45, 7) is 6.62. The van der Waals surface area contributed by atoms with Gasteiger partial charge in [-0.15, -0.1) is 0 Å². The van der Waals surface area contributed by atoms with Crippen molar-refractivity contribution in [3.8, 4) is 0 Å². The van der Waals surface area contributed by atoms with E-state index in [0.717, 1.165) is 18.2 Å². The van der Waals surface area contributed by atoms with Gasteiger partial charge >= 0.3 is 12.3 Å². The van der Waals surface area contributed by atoms with Crippen LogP contribution in [-0.4, -0.2) is 84.8 Å². The average molecular weight is 620 g/mol. The number of hydrogen-bond acceptors (Lipinski definition) is 7. The highest BCUT2D eigenvalue weighted by molar-refractivity contribution is 7.91. The average Bonchev–Trinajstić information content (AvgIpc) is 2.87. The minimum absolute atomic E-state index is 0.184. The van der Waals surface area contributed by atoms with Crippen molar-refractivity contribution in [3.63, 3.8) is 0 Å². The van der Waals surface area contributed by atoms with Gasteiger partial charge in [0.25, 0.3) is 11.8 Å². The number of carbonyl (C=O) groups excluding carboxylic acids is 3. The summed E-state index contributed by atoms with van der Waals surface area (Å²) in [6, 6.07) is 8.10. The molecule has 3 amide bonds. The molecule has 1 fully saturated rings. The molecule has 224 valence electrons. The number of piperazine rings is 1. The van der Waals surface area contributed by atoms with Crippen LogP contribution in [0, 0.1) is 0 Å². The number of amides is 3. The zero-order valence-electron chi connectivity index (χ0n) is 22.6. The zero-order valence-corrected chi connectivity index (χ0v) is 24.2. The lowest BCUT2D eigenvalue weighted by molar-refractivity contribution is -0.242. The number of benzene rings is 2. The predicted octanol–water partition coefficient (Wildman–Crippen LogP) is 4.12. The molecule has 1 saturated heterocycles. The van der Waals surface area contributed by atoms with E-state index < -0.39 is 39.2 Å². The van der Waals surface area contributed by atoms with Crippen LogP contribution in [0.3, 0.4) is 0 Å². The molecule has 0 aromatic heterocycles. The van der Waals surface area contributed by atoms with E-state index in [1.807, 2.05) is 5.32 Å². The monoisotopic (exact) mass is 619 g/mol. The Kier molecular flexibility index (Phi) is 9.01.